The van der Waals surface area contributed by atoms with E-state index in [9.17, 15) is 0 Å². The highest BCUT2D eigenvalue weighted by atomic mass is 32.2. The average molecular weight is 227 g/mol. The normalized spacial score (nSPS) is 10.9. The molecule has 0 aliphatic rings. The number of thioether (sulfide) groups is 1. The summed E-state index contributed by atoms with van der Waals surface area (Å²) in [4.78, 5) is 2.13. The molecule has 13 heavy (non-hydrogen) atoms. The Bertz CT molecular complexity index is 447. The third-order valence-corrected chi connectivity index (χ3v) is 4.22. The van der Waals surface area contributed by atoms with E-state index in [0.29, 0.717) is 0 Å². The van der Waals surface area contributed by atoms with Gasteiger partial charge in [-0.05, 0) is 23.8 Å². The first-order valence-electron chi connectivity index (χ1n) is 3.76. The van der Waals surface area contributed by atoms with Crippen molar-refractivity contribution in [3.05, 3.63) is 17.5 Å². The molecule has 0 spiro atoms. The van der Waals surface area contributed by atoms with Crippen LogP contribution in [0, 0.1) is 0 Å². The Morgan fingerprint density at radius 1 is 1.54 bits per heavy atom. The molecule has 1 nitrogen and oxygen atoms in total. The topological polar surface area (TPSA) is 26.0 Å². The van der Waals surface area contributed by atoms with Gasteiger partial charge in [0.05, 0.1) is 0 Å². The second kappa shape index (κ2) is 3.44. The molecule has 0 bridgehead atoms. The average Bonchev–Trinajstić information content (AvgIpc) is 2.53. The maximum atomic E-state index is 5.89. The van der Waals surface area contributed by atoms with Crippen molar-refractivity contribution < 1.29 is 0 Å². The summed E-state index contributed by atoms with van der Waals surface area (Å²) in [5.41, 5.74) is 6.71. The summed E-state index contributed by atoms with van der Waals surface area (Å²) in [7, 11) is 0. The lowest BCUT2D eigenvalue weighted by Crippen LogP contribution is -1.88. The van der Waals surface area contributed by atoms with Crippen molar-refractivity contribution in [3.8, 4) is 0 Å². The molecular weight excluding hydrogens is 218 g/mol. The van der Waals surface area contributed by atoms with Gasteiger partial charge in [0, 0.05) is 25.6 Å². The number of rotatable bonds is 1. The van der Waals surface area contributed by atoms with Crippen molar-refractivity contribution in [1.82, 2.24) is 0 Å². The van der Waals surface area contributed by atoms with Crippen molar-refractivity contribution in [2.45, 2.75) is 9.79 Å². The van der Waals surface area contributed by atoms with Crippen LogP contribution in [0.25, 0.3) is 10.1 Å². The predicted molar refractivity (Wildman–Crippen MR) is 65.3 cm³/mol. The van der Waals surface area contributed by atoms with E-state index in [1.165, 1.54) is 10.1 Å². The van der Waals surface area contributed by atoms with Gasteiger partial charge >= 0.3 is 0 Å². The molecule has 1 heterocycles. The van der Waals surface area contributed by atoms with Gasteiger partial charge in [0.1, 0.15) is 0 Å². The van der Waals surface area contributed by atoms with E-state index < -0.39 is 0 Å². The molecule has 0 amide bonds. The number of hydrogen-bond donors (Lipinski definition) is 2. The maximum absolute atomic E-state index is 5.89. The molecule has 0 radical (unpaired) electrons. The number of nitrogen functional groups attached to an aromatic ring is 1. The van der Waals surface area contributed by atoms with Gasteiger partial charge in [-0.25, -0.2) is 0 Å². The maximum Gasteiger partial charge on any atom is 0.0488 e. The van der Waals surface area contributed by atoms with E-state index >= 15 is 0 Å². The Kier molecular flexibility index (Phi) is 2.45. The summed E-state index contributed by atoms with van der Waals surface area (Å²) in [6.45, 7) is 0. The highest BCUT2D eigenvalue weighted by Crippen LogP contribution is 2.38. The van der Waals surface area contributed by atoms with Crippen molar-refractivity contribution in [3.63, 3.8) is 0 Å². The molecule has 2 rings (SSSR count). The van der Waals surface area contributed by atoms with Crippen LogP contribution in [0.4, 0.5) is 5.69 Å². The van der Waals surface area contributed by atoms with Gasteiger partial charge in [-0.1, -0.05) is 0 Å². The molecule has 0 aliphatic carbocycles. The smallest absolute Gasteiger partial charge is 0.0488 e. The SMILES string of the molecule is CSc1c(N)cc(S)c2sccc12. The molecule has 2 N–H and O–H groups in total. The molecule has 0 atom stereocenters. The fourth-order valence-electron chi connectivity index (χ4n) is 1.35. The molecule has 2 aromatic rings. The fraction of sp³-hybridized carbons (Fsp3) is 0.111. The largest absolute Gasteiger partial charge is 0.398 e. The minimum absolute atomic E-state index is 0.823. The van der Waals surface area contributed by atoms with Crippen molar-refractivity contribution >= 4 is 51.5 Å². The fourth-order valence-corrected chi connectivity index (χ4v) is 3.33. The molecule has 0 unspecified atom stereocenters. The van der Waals surface area contributed by atoms with Crippen molar-refractivity contribution in [2.24, 2.45) is 0 Å². The Labute approximate surface area is 90.7 Å². The number of anilines is 1. The van der Waals surface area contributed by atoms with E-state index in [4.69, 9.17) is 5.73 Å². The Hall–Kier alpha value is -0.320. The third kappa shape index (κ3) is 1.43. The molecule has 0 saturated carbocycles. The van der Waals surface area contributed by atoms with Gasteiger partial charge in [0.25, 0.3) is 0 Å². The standard InChI is InChI=1S/C9H9NS3/c1-12-8-5-2-3-13-9(5)7(11)4-6(8)10/h2-4,11H,10H2,1H3. The monoisotopic (exact) mass is 227 g/mol. The van der Waals surface area contributed by atoms with E-state index in [1.807, 2.05) is 12.3 Å². The number of benzene rings is 1. The number of thiophene rings is 1. The third-order valence-electron chi connectivity index (χ3n) is 1.90. The van der Waals surface area contributed by atoms with Gasteiger partial charge in [-0.2, -0.15) is 0 Å². The lowest BCUT2D eigenvalue weighted by molar-refractivity contribution is 1.48. The zero-order valence-electron chi connectivity index (χ0n) is 7.07. The number of hydrogen-bond acceptors (Lipinski definition) is 4. The van der Waals surface area contributed by atoms with Crippen LogP contribution in [0.2, 0.25) is 0 Å². The minimum atomic E-state index is 0.823. The molecule has 1 aromatic heterocycles. The van der Waals surface area contributed by atoms with Crippen LogP contribution in [0.3, 0.4) is 0 Å². The molecule has 0 fully saturated rings. The van der Waals surface area contributed by atoms with Gasteiger partial charge in [-0.3, -0.25) is 0 Å². The lowest BCUT2D eigenvalue weighted by Gasteiger charge is -2.05. The number of nitrogens with two attached hydrogens (primary N) is 1. The number of fused-ring (bicyclic) bond motifs is 1. The van der Waals surface area contributed by atoms with Crippen LogP contribution in [0.15, 0.2) is 27.3 Å². The van der Waals surface area contributed by atoms with E-state index in [0.717, 1.165) is 15.5 Å². The van der Waals surface area contributed by atoms with Crippen LogP contribution < -0.4 is 5.73 Å². The van der Waals surface area contributed by atoms with E-state index in [-0.39, 0.29) is 0 Å². The second-order valence-corrected chi connectivity index (χ2v) is 4.90. The minimum Gasteiger partial charge on any atom is -0.398 e. The summed E-state index contributed by atoms with van der Waals surface area (Å²) in [5.74, 6) is 0. The summed E-state index contributed by atoms with van der Waals surface area (Å²) < 4.78 is 1.22. The van der Waals surface area contributed by atoms with Crippen LogP contribution >= 0.6 is 35.7 Å². The first-order valence-corrected chi connectivity index (χ1v) is 6.32. The highest BCUT2D eigenvalue weighted by molar-refractivity contribution is 7.99. The van der Waals surface area contributed by atoms with Gasteiger partial charge < -0.3 is 5.73 Å². The molecule has 0 aliphatic heterocycles. The zero-order valence-corrected chi connectivity index (χ0v) is 9.60. The Morgan fingerprint density at radius 3 is 3.00 bits per heavy atom. The molecule has 68 valence electrons. The van der Waals surface area contributed by atoms with Crippen molar-refractivity contribution in [1.29, 1.82) is 0 Å². The predicted octanol–water partition coefficient (Wildman–Crippen LogP) is 3.49. The summed E-state index contributed by atoms with van der Waals surface area (Å²) in [6.07, 6.45) is 2.04. The van der Waals surface area contributed by atoms with Gasteiger partial charge in [0.2, 0.25) is 0 Å². The molecular formula is C9H9NS3. The van der Waals surface area contributed by atoms with Crippen LogP contribution in [0.5, 0.6) is 0 Å². The van der Waals surface area contributed by atoms with Crippen LogP contribution in [-0.2, 0) is 0 Å². The quantitative estimate of drug-likeness (QED) is 0.443. The van der Waals surface area contributed by atoms with Crippen molar-refractivity contribution in [2.75, 3.05) is 12.0 Å². The van der Waals surface area contributed by atoms with Gasteiger partial charge in [0.15, 0.2) is 0 Å². The van der Waals surface area contributed by atoms with E-state index in [1.54, 1.807) is 23.1 Å². The second-order valence-electron chi connectivity index (χ2n) is 2.68. The van der Waals surface area contributed by atoms with Crippen LogP contribution in [-0.4, -0.2) is 6.26 Å². The Morgan fingerprint density at radius 2 is 2.31 bits per heavy atom. The first kappa shape index (κ1) is 9.24. The number of thiol groups is 1. The van der Waals surface area contributed by atoms with Gasteiger partial charge in [-0.15, -0.1) is 35.7 Å². The summed E-state index contributed by atoms with van der Waals surface area (Å²) >= 11 is 7.79. The molecule has 4 heteroatoms. The molecule has 1 aromatic carbocycles. The van der Waals surface area contributed by atoms with E-state index in [2.05, 4.69) is 24.1 Å². The Balaban J connectivity index is 2.88. The van der Waals surface area contributed by atoms with Crippen LogP contribution in [0.1, 0.15) is 0 Å². The zero-order chi connectivity index (χ0) is 9.42. The first-order chi connectivity index (χ1) is 6.24. The molecule has 0 saturated heterocycles. The lowest BCUT2D eigenvalue weighted by atomic mass is 10.2. The highest BCUT2D eigenvalue weighted by Gasteiger charge is 2.08. The summed E-state index contributed by atoms with van der Waals surface area (Å²) in [6, 6.07) is 4.02. The summed E-state index contributed by atoms with van der Waals surface area (Å²) in [5, 5.41) is 3.30.